The van der Waals surface area contributed by atoms with Crippen LogP contribution < -0.4 is 14.9 Å². The molecule has 0 spiro atoms. The Morgan fingerprint density at radius 3 is 2.92 bits per heavy atom. The summed E-state index contributed by atoms with van der Waals surface area (Å²) >= 11 is 0. The maximum Gasteiger partial charge on any atom is 0.271 e. The number of carbonyl (C=O) groups is 1. The number of nitrogens with one attached hydrogen (secondary N) is 1. The third-order valence-corrected chi connectivity index (χ3v) is 3.77. The normalized spacial score (nSPS) is 13.9. The third kappa shape index (κ3) is 3.93. The summed E-state index contributed by atoms with van der Waals surface area (Å²) in [7, 11) is 0. The van der Waals surface area contributed by atoms with Crippen molar-refractivity contribution in [2.45, 2.75) is 20.3 Å². The second-order valence-corrected chi connectivity index (χ2v) is 5.96. The summed E-state index contributed by atoms with van der Waals surface area (Å²) in [6.07, 6.45) is 2.55. The molecular formula is C19H20N2O3. The lowest BCUT2D eigenvalue weighted by atomic mass is 10.0. The Bertz CT molecular complexity index is 771. The average Bonchev–Trinajstić information content (AvgIpc) is 3.02. The van der Waals surface area contributed by atoms with Crippen LogP contribution in [0.25, 0.3) is 0 Å². The zero-order valence-electron chi connectivity index (χ0n) is 13.8. The molecule has 0 saturated heterocycles. The van der Waals surface area contributed by atoms with E-state index in [0.717, 1.165) is 29.0 Å². The second kappa shape index (κ2) is 7.17. The van der Waals surface area contributed by atoms with Crippen molar-refractivity contribution in [3.8, 4) is 11.5 Å². The minimum atomic E-state index is -0.203. The van der Waals surface area contributed by atoms with Crippen LogP contribution in [0.3, 0.4) is 0 Å². The number of carbonyl (C=O) groups excluding carboxylic acids is 1. The first kappa shape index (κ1) is 16.1. The smallest absolute Gasteiger partial charge is 0.271 e. The number of ether oxygens (including phenoxy) is 2. The van der Waals surface area contributed by atoms with Crippen LogP contribution in [0.2, 0.25) is 0 Å². The Morgan fingerprint density at radius 1 is 1.25 bits per heavy atom. The zero-order valence-corrected chi connectivity index (χ0v) is 13.8. The van der Waals surface area contributed by atoms with Gasteiger partial charge < -0.3 is 9.47 Å². The predicted molar refractivity (Wildman–Crippen MR) is 92.6 cm³/mol. The number of fused-ring (bicyclic) bond motifs is 1. The van der Waals surface area contributed by atoms with Gasteiger partial charge in [0.1, 0.15) is 0 Å². The summed E-state index contributed by atoms with van der Waals surface area (Å²) in [6, 6.07) is 13.3. The molecule has 0 bridgehead atoms. The second-order valence-electron chi connectivity index (χ2n) is 5.96. The van der Waals surface area contributed by atoms with Crippen molar-refractivity contribution in [2.24, 2.45) is 11.0 Å². The highest BCUT2D eigenvalue weighted by atomic mass is 16.7. The van der Waals surface area contributed by atoms with Gasteiger partial charge >= 0.3 is 0 Å². The Morgan fingerprint density at radius 2 is 2.08 bits per heavy atom. The summed E-state index contributed by atoms with van der Waals surface area (Å²) in [5, 5.41) is 4.07. The summed E-state index contributed by atoms with van der Waals surface area (Å²) in [6.45, 7) is 4.28. The quantitative estimate of drug-likeness (QED) is 0.678. The van der Waals surface area contributed by atoms with Crippen molar-refractivity contribution in [3.05, 3.63) is 59.2 Å². The van der Waals surface area contributed by atoms with E-state index in [1.165, 1.54) is 0 Å². The first-order valence-corrected chi connectivity index (χ1v) is 7.90. The molecule has 3 rings (SSSR count). The molecule has 5 heteroatoms. The molecule has 2 aromatic rings. The maximum absolute atomic E-state index is 12.0. The number of hydrazone groups is 1. The molecule has 5 nitrogen and oxygen atoms in total. The molecule has 0 unspecified atom stereocenters. The molecule has 0 aliphatic carbocycles. The van der Waals surface area contributed by atoms with E-state index < -0.39 is 0 Å². The molecule has 1 heterocycles. The molecule has 2 aromatic carbocycles. The van der Waals surface area contributed by atoms with Gasteiger partial charge in [0.25, 0.3) is 5.91 Å². The van der Waals surface area contributed by atoms with Gasteiger partial charge in [0.15, 0.2) is 11.5 Å². The van der Waals surface area contributed by atoms with Crippen molar-refractivity contribution >= 4 is 12.1 Å². The lowest BCUT2D eigenvalue weighted by molar-refractivity contribution is 0.0955. The highest BCUT2D eigenvalue weighted by Gasteiger charge is 2.13. The SMILES string of the molecule is Cc1cccc(C(=O)NN=C[C@H](C)Cc2ccc3c(c2)OCO3)c1. The van der Waals surface area contributed by atoms with Crippen LogP contribution in [0.4, 0.5) is 0 Å². The lowest BCUT2D eigenvalue weighted by Crippen LogP contribution is -2.18. The average molecular weight is 324 g/mol. The zero-order chi connectivity index (χ0) is 16.9. The number of nitrogens with zero attached hydrogens (tertiary/aromatic N) is 1. The number of amides is 1. The summed E-state index contributed by atoms with van der Waals surface area (Å²) in [5.41, 5.74) is 5.36. The van der Waals surface area contributed by atoms with Crippen LogP contribution in [0.1, 0.15) is 28.4 Å². The molecule has 1 aliphatic heterocycles. The number of aryl methyl sites for hydroxylation is 1. The third-order valence-electron chi connectivity index (χ3n) is 3.77. The molecule has 124 valence electrons. The van der Waals surface area contributed by atoms with Crippen LogP contribution in [-0.2, 0) is 6.42 Å². The molecule has 1 N–H and O–H groups in total. The van der Waals surface area contributed by atoms with Gasteiger partial charge in [0, 0.05) is 11.8 Å². The van der Waals surface area contributed by atoms with Crippen LogP contribution in [-0.4, -0.2) is 18.9 Å². The van der Waals surface area contributed by atoms with Crippen molar-refractivity contribution < 1.29 is 14.3 Å². The number of benzene rings is 2. The molecule has 1 aliphatic rings. The molecule has 0 aromatic heterocycles. The molecular weight excluding hydrogens is 304 g/mol. The molecule has 0 fully saturated rings. The van der Waals surface area contributed by atoms with Gasteiger partial charge in [-0.05, 0) is 49.1 Å². The Balaban J connectivity index is 1.54. The maximum atomic E-state index is 12.0. The number of rotatable bonds is 5. The summed E-state index contributed by atoms with van der Waals surface area (Å²) < 4.78 is 10.7. The standard InChI is InChI=1S/C19H20N2O3/c1-13-4-3-5-16(9-13)19(22)21-20-11-14(2)8-15-6-7-17-18(10-15)24-12-23-17/h3-7,9-11,14H,8,12H2,1-2H3,(H,21,22)/t14-/m1/s1. The van der Waals surface area contributed by atoms with Gasteiger partial charge in [-0.2, -0.15) is 5.10 Å². The molecule has 0 radical (unpaired) electrons. The molecule has 0 saturated carbocycles. The fourth-order valence-corrected chi connectivity index (χ4v) is 2.57. The molecule has 1 atom stereocenters. The highest BCUT2D eigenvalue weighted by molar-refractivity contribution is 5.94. The molecule has 1 amide bonds. The van der Waals surface area contributed by atoms with Crippen LogP contribution in [0.5, 0.6) is 11.5 Å². The Kier molecular flexibility index (Phi) is 4.79. The first-order chi connectivity index (χ1) is 11.6. The van der Waals surface area contributed by atoms with E-state index in [1.807, 2.05) is 50.2 Å². The number of hydrogen-bond acceptors (Lipinski definition) is 4. The van der Waals surface area contributed by atoms with E-state index in [0.29, 0.717) is 5.56 Å². The summed E-state index contributed by atoms with van der Waals surface area (Å²) in [4.78, 5) is 12.0. The van der Waals surface area contributed by atoms with Crippen molar-refractivity contribution in [1.29, 1.82) is 0 Å². The van der Waals surface area contributed by atoms with Crippen LogP contribution in [0.15, 0.2) is 47.6 Å². The molecule has 24 heavy (non-hydrogen) atoms. The summed E-state index contributed by atoms with van der Waals surface area (Å²) in [5.74, 6) is 1.54. The van der Waals surface area contributed by atoms with Gasteiger partial charge in [-0.3, -0.25) is 4.79 Å². The fourth-order valence-electron chi connectivity index (χ4n) is 2.57. The van der Waals surface area contributed by atoms with Gasteiger partial charge in [0.2, 0.25) is 6.79 Å². The van der Waals surface area contributed by atoms with Gasteiger partial charge in [0.05, 0.1) is 0 Å². The van der Waals surface area contributed by atoms with E-state index in [1.54, 1.807) is 12.3 Å². The first-order valence-electron chi connectivity index (χ1n) is 7.90. The largest absolute Gasteiger partial charge is 0.454 e. The van der Waals surface area contributed by atoms with Gasteiger partial charge in [-0.15, -0.1) is 0 Å². The minimum Gasteiger partial charge on any atom is -0.454 e. The van der Waals surface area contributed by atoms with E-state index in [4.69, 9.17) is 9.47 Å². The van der Waals surface area contributed by atoms with E-state index in [9.17, 15) is 4.79 Å². The van der Waals surface area contributed by atoms with Gasteiger partial charge in [-0.1, -0.05) is 30.7 Å². The van der Waals surface area contributed by atoms with Crippen LogP contribution in [0, 0.1) is 12.8 Å². The van der Waals surface area contributed by atoms with Gasteiger partial charge in [-0.25, -0.2) is 5.43 Å². The van der Waals surface area contributed by atoms with E-state index >= 15 is 0 Å². The lowest BCUT2D eigenvalue weighted by Gasteiger charge is -2.07. The monoisotopic (exact) mass is 324 g/mol. The van der Waals surface area contributed by atoms with E-state index in [-0.39, 0.29) is 18.6 Å². The Labute approximate surface area is 141 Å². The topological polar surface area (TPSA) is 59.9 Å². The minimum absolute atomic E-state index is 0.184. The van der Waals surface area contributed by atoms with Crippen molar-refractivity contribution in [3.63, 3.8) is 0 Å². The van der Waals surface area contributed by atoms with Crippen molar-refractivity contribution in [1.82, 2.24) is 5.43 Å². The van der Waals surface area contributed by atoms with Crippen LogP contribution >= 0.6 is 0 Å². The predicted octanol–water partition coefficient (Wildman–Crippen LogP) is 3.32. The van der Waals surface area contributed by atoms with E-state index in [2.05, 4.69) is 10.5 Å². The fraction of sp³-hybridized carbons (Fsp3) is 0.263. The Hall–Kier alpha value is -2.82. The highest BCUT2D eigenvalue weighted by Crippen LogP contribution is 2.32. The number of hydrogen-bond donors (Lipinski definition) is 1. The van der Waals surface area contributed by atoms with Crippen molar-refractivity contribution in [2.75, 3.05) is 6.79 Å².